The van der Waals surface area contributed by atoms with Crippen molar-refractivity contribution >= 4 is 5.69 Å². The summed E-state index contributed by atoms with van der Waals surface area (Å²) in [6, 6.07) is 10.4. The number of aliphatic hydroxyl groups excluding tert-OH is 1. The lowest BCUT2D eigenvalue weighted by Crippen LogP contribution is -2.56. The van der Waals surface area contributed by atoms with E-state index in [0.29, 0.717) is 12.5 Å². The highest BCUT2D eigenvalue weighted by Gasteiger charge is 2.47. The van der Waals surface area contributed by atoms with Crippen LogP contribution in [0.2, 0.25) is 0 Å². The van der Waals surface area contributed by atoms with E-state index in [2.05, 4.69) is 25.2 Å². The first-order chi connectivity index (χ1) is 8.04. The number of nitriles is 1. The van der Waals surface area contributed by atoms with Gasteiger partial charge in [-0.3, -0.25) is 0 Å². The minimum atomic E-state index is -0.210. The molecule has 0 spiro atoms. The van der Waals surface area contributed by atoms with E-state index in [1.165, 1.54) is 0 Å². The number of hydrogen-bond acceptors (Lipinski definition) is 3. The molecule has 2 N–H and O–H groups in total. The van der Waals surface area contributed by atoms with E-state index in [1.807, 2.05) is 24.3 Å². The van der Waals surface area contributed by atoms with Crippen molar-refractivity contribution in [3.8, 4) is 6.07 Å². The summed E-state index contributed by atoms with van der Waals surface area (Å²) in [4.78, 5) is 0. The molecule has 2 rings (SSSR count). The maximum absolute atomic E-state index is 9.66. The van der Waals surface area contributed by atoms with Crippen LogP contribution in [-0.4, -0.2) is 17.3 Å². The lowest BCUT2D eigenvalue weighted by Gasteiger charge is -2.49. The Morgan fingerprint density at radius 3 is 2.53 bits per heavy atom. The van der Waals surface area contributed by atoms with Gasteiger partial charge in [-0.2, -0.15) is 5.26 Å². The smallest absolute Gasteiger partial charge is 0.0669 e. The molecule has 90 valence electrons. The lowest BCUT2D eigenvalue weighted by atomic mass is 9.64. The van der Waals surface area contributed by atoms with Crippen LogP contribution in [0.15, 0.2) is 24.3 Å². The summed E-state index contributed by atoms with van der Waals surface area (Å²) in [7, 11) is 0. The Hall–Kier alpha value is -1.53. The number of hydrogen-bond donors (Lipinski definition) is 2. The van der Waals surface area contributed by atoms with Gasteiger partial charge in [0.05, 0.1) is 18.6 Å². The Labute approximate surface area is 102 Å². The number of benzene rings is 1. The number of aliphatic hydroxyl groups is 1. The zero-order chi connectivity index (χ0) is 12.5. The number of nitrogens with zero attached hydrogens (tertiary/aromatic N) is 1. The number of rotatable bonds is 3. The lowest BCUT2D eigenvalue weighted by molar-refractivity contribution is -0.0510. The minimum absolute atomic E-state index is 0.0642. The summed E-state index contributed by atoms with van der Waals surface area (Å²) in [5.74, 6) is 0. The van der Waals surface area contributed by atoms with Crippen LogP contribution in [0.3, 0.4) is 0 Å². The molecule has 3 heteroatoms. The van der Waals surface area contributed by atoms with Crippen molar-refractivity contribution in [3.05, 3.63) is 29.8 Å². The third kappa shape index (κ3) is 2.27. The number of nitrogens with one attached hydrogen (secondary N) is 1. The molecule has 2 unspecified atom stereocenters. The van der Waals surface area contributed by atoms with Crippen LogP contribution >= 0.6 is 0 Å². The topological polar surface area (TPSA) is 56.0 Å². The first-order valence-corrected chi connectivity index (χ1v) is 5.94. The molecule has 1 aromatic carbocycles. The van der Waals surface area contributed by atoms with Crippen molar-refractivity contribution in [3.63, 3.8) is 0 Å². The molecular weight excluding hydrogens is 212 g/mol. The molecule has 1 fully saturated rings. The van der Waals surface area contributed by atoms with Crippen molar-refractivity contribution in [2.45, 2.75) is 38.8 Å². The molecule has 0 aromatic heterocycles. The van der Waals surface area contributed by atoms with Gasteiger partial charge in [0.15, 0.2) is 0 Å². The highest BCUT2D eigenvalue weighted by Crippen LogP contribution is 2.42. The average Bonchev–Trinajstić information content (AvgIpc) is 2.31. The van der Waals surface area contributed by atoms with Crippen molar-refractivity contribution < 1.29 is 5.11 Å². The van der Waals surface area contributed by atoms with E-state index < -0.39 is 0 Å². The van der Waals surface area contributed by atoms with Gasteiger partial charge in [-0.1, -0.05) is 26.0 Å². The van der Waals surface area contributed by atoms with Gasteiger partial charge in [0.25, 0.3) is 0 Å². The van der Waals surface area contributed by atoms with E-state index in [4.69, 9.17) is 5.26 Å². The quantitative estimate of drug-likeness (QED) is 0.838. The van der Waals surface area contributed by atoms with Gasteiger partial charge in [-0.05, 0) is 24.1 Å². The summed E-state index contributed by atoms with van der Waals surface area (Å²) >= 11 is 0. The normalized spacial score (nSPS) is 25.8. The fraction of sp³-hybridized carbons (Fsp3) is 0.500. The van der Waals surface area contributed by atoms with Crippen LogP contribution in [0.1, 0.15) is 25.8 Å². The van der Waals surface area contributed by atoms with E-state index in [1.54, 1.807) is 0 Å². The fourth-order valence-corrected chi connectivity index (χ4v) is 2.16. The van der Waals surface area contributed by atoms with E-state index >= 15 is 0 Å². The molecule has 2 atom stereocenters. The molecule has 1 aromatic rings. The second kappa shape index (κ2) is 4.38. The minimum Gasteiger partial charge on any atom is -0.392 e. The molecule has 0 bridgehead atoms. The second-order valence-electron chi connectivity index (χ2n) is 5.30. The van der Waals surface area contributed by atoms with Crippen molar-refractivity contribution in [2.75, 3.05) is 5.32 Å². The summed E-state index contributed by atoms with van der Waals surface area (Å²) in [5, 5.41) is 21.7. The first kappa shape index (κ1) is 11.9. The van der Waals surface area contributed by atoms with E-state index in [9.17, 15) is 5.11 Å². The summed E-state index contributed by atoms with van der Waals surface area (Å²) < 4.78 is 0. The van der Waals surface area contributed by atoms with Crippen molar-refractivity contribution in [2.24, 2.45) is 5.41 Å². The van der Waals surface area contributed by atoms with Gasteiger partial charge in [0.2, 0.25) is 0 Å². The van der Waals surface area contributed by atoms with Gasteiger partial charge in [0, 0.05) is 17.1 Å². The zero-order valence-corrected chi connectivity index (χ0v) is 10.3. The maximum Gasteiger partial charge on any atom is 0.0669 e. The Morgan fingerprint density at radius 1 is 1.41 bits per heavy atom. The molecule has 0 heterocycles. The van der Waals surface area contributed by atoms with E-state index in [-0.39, 0.29) is 11.5 Å². The molecule has 0 aliphatic heterocycles. The molecule has 0 radical (unpaired) electrons. The molecule has 1 saturated carbocycles. The average molecular weight is 230 g/mol. The SMILES string of the molecule is CC1(C)C(O)CC1Nc1ccc(CC#N)cc1. The van der Waals surface area contributed by atoms with Gasteiger partial charge in [-0.25, -0.2) is 0 Å². The Kier molecular flexibility index (Phi) is 3.08. The molecule has 0 saturated heterocycles. The highest BCUT2D eigenvalue weighted by molar-refractivity contribution is 5.47. The Morgan fingerprint density at radius 2 is 2.06 bits per heavy atom. The maximum atomic E-state index is 9.66. The molecule has 3 nitrogen and oxygen atoms in total. The molecule has 1 aliphatic carbocycles. The third-order valence-corrected chi connectivity index (χ3v) is 3.79. The largest absolute Gasteiger partial charge is 0.392 e. The van der Waals surface area contributed by atoms with Crippen LogP contribution in [-0.2, 0) is 6.42 Å². The van der Waals surface area contributed by atoms with Crippen LogP contribution in [0.25, 0.3) is 0 Å². The summed E-state index contributed by atoms with van der Waals surface area (Å²) in [6.07, 6.45) is 1.04. The summed E-state index contributed by atoms with van der Waals surface area (Å²) in [5.41, 5.74) is 2.02. The van der Waals surface area contributed by atoms with Gasteiger partial charge >= 0.3 is 0 Å². The fourth-order valence-electron chi connectivity index (χ4n) is 2.16. The summed E-state index contributed by atoms with van der Waals surface area (Å²) in [6.45, 7) is 4.14. The van der Waals surface area contributed by atoms with Crippen LogP contribution < -0.4 is 5.32 Å². The molecular formula is C14H18N2O. The standard InChI is InChI=1S/C14H18N2O/c1-14(2)12(9-13(14)17)16-11-5-3-10(4-6-11)7-8-15/h3-6,12-13,16-17H,7,9H2,1-2H3. The first-order valence-electron chi connectivity index (χ1n) is 5.94. The monoisotopic (exact) mass is 230 g/mol. The highest BCUT2D eigenvalue weighted by atomic mass is 16.3. The molecule has 1 aliphatic rings. The van der Waals surface area contributed by atoms with Gasteiger partial charge in [-0.15, -0.1) is 0 Å². The third-order valence-electron chi connectivity index (χ3n) is 3.79. The van der Waals surface area contributed by atoms with Crippen LogP contribution in [0.5, 0.6) is 0 Å². The number of anilines is 1. The Bertz CT molecular complexity index is 431. The van der Waals surface area contributed by atoms with Gasteiger partial charge < -0.3 is 10.4 Å². The Balaban J connectivity index is 1.99. The van der Waals surface area contributed by atoms with Crippen molar-refractivity contribution in [1.82, 2.24) is 0 Å². The molecule has 17 heavy (non-hydrogen) atoms. The molecule has 0 amide bonds. The predicted molar refractivity (Wildman–Crippen MR) is 67.6 cm³/mol. The van der Waals surface area contributed by atoms with Crippen LogP contribution in [0.4, 0.5) is 5.69 Å². The predicted octanol–water partition coefficient (Wildman–Crippen LogP) is 2.32. The second-order valence-corrected chi connectivity index (χ2v) is 5.30. The van der Waals surface area contributed by atoms with Crippen LogP contribution in [0, 0.1) is 16.7 Å². The van der Waals surface area contributed by atoms with Gasteiger partial charge in [0.1, 0.15) is 0 Å². The van der Waals surface area contributed by atoms with Crippen molar-refractivity contribution in [1.29, 1.82) is 5.26 Å². The van der Waals surface area contributed by atoms with E-state index in [0.717, 1.165) is 17.7 Å². The zero-order valence-electron chi connectivity index (χ0n) is 10.3.